The molecule has 23 rings (SSSR count). The maximum atomic E-state index is 5.21. The third kappa shape index (κ3) is 11.2. The minimum Gasteiger partial charge on any atom is -0.208 e. The van der Waals surface area contributed by atoms with Crippen LogP contribution in [0.1, 0.15) is 44.5 Å². The van der Waals surface area contributed by atoms with E-state index in [-0.39, 0.29) is 0 Å². The van der Waals surface area contributed by atoms with Gasteiger partial charge in [-0.05, 0) is 155 Å². The lowest BCUT2D eigenvalue weighted by molar-refractivity contribution is 0.784. The van der Waals surface area contributed by atoms with E-state index < -0.39 is 10.8 Å². The van der Waals surface area contributed by atoms with Crippen molar-refractivity contribution in [3.63, 3.8) is 0 Å². The zero-order valence-corrected chi connectivity index (χ0v) is 64.3. The van der Waals surface area contributed by atoms with Crippen LogP contribution in [-0.4, -0.2) is 29.9 Å². The molecule has 0 aliphatic heterocycles. The monoisotopic (exact) mass is 1500 g/mol. The van der Waals surface area contributed by atoms with Crippen LogP contribution < -0.4 is 0 Å². The summed E-state index contributed by atoms with van der Waals surface area (Å²) in [7, 11) is 0. The zero-order chi connectivity index (χ0) is 78.1. The fraction of sp³-hybridized carbons (Fsp3) is 0.0179. The van der Waals surface area contributed by atoms with E-state index in [1.54, 1.807) is 0 Å². The first-order valence-electron chi connectivity index (χ1n) is 40.3. The number of rotatable bonds is 12. The zero-order valence-electron chi connectivity index (χ0n) is 64.3. The summed E-state index contributed by atoms with van der Waals surface area (Å²) >= 11 is 0. The van der Waals surface area contributed by atoms with E-state index in [9.17, 15) is 0 Å². The van der Waals surface area contributed by atoms with Crippen LogP contribution in [0.4, 0.5) is 0 Å². The van der Waals surface area contributed by atoms with Crippen molar-refractivity contribution < 1.29 is 0 Å². The molecule has 2 atom stereocenters. The van der Waals surface area contributed by atoms with Crippen LogP contribution in [0.25, 0.3) is 167 Å². The average Bonchev–Trinajstić information content (AvgIpc) is 1.45. The van der Waals surface area contributed by atoms with Crippen molar-refractivity contribution in [3.8, 4) is 113 Å². The van der Waals surface area contributed by atoms with Gasteiger partial charge < -0.3 is 0 Å². The summed E-state index contributed by atoms with van der Waals surface area (Å²) in [6.07, 6.45) is 0. The van der Waals surface area contributed by atoms with Gasteiger partial charge >= 0.3 is 0 Å². The van der Waals surface area contributed by atoms with Crippen molar-refractivity contribution in [3.05, 3.63) is 481 Å². The second-order valence-electron chi connectivity index (χ2n) is 30.5. The third-order valence-electron chi connectivity index (χ3n) is 24.2. The van der Waals surface area contributed by atoms with E-state index in [1.807, 2.05) is 72.8 Å². The first kappa shape index (κ1) is 69.2. The highest BCUT2D eigenvalue weighted by Crippen LogP contribution is 2.63. The molecule has 2 aromatic heterocycles. The normalized spacial score (nSPS) is 14.3. The van der Waals surface area contributed by atoms with Gasteiger partial charge in [-0.2, -0.15) is 0 Å². The number of hydrogen-bond acceptors (Lipinski definition) is 6. The van der Waals surface area contributed by atoms with Gasteiger partial charge in [0.05, 0.1) is 10.8 Å². The van der Waals surface area contributed by atoms with E-state index in [0.29, 0.717) is 34.9 Å². The van der Waals surface area contributed by atoms with Gasteiger partial charge in [0.1, 0.15) is 0 Å². The van der Waals surface area contributed by atoms with Crippen LogP contribution in [0.2, 0.25) is 0 Å². The summed E-state index contributed by atoms with van der Waals surface area (Å²) < 4.78 is 0. The Bertz CT molecular complexity index is 7240. The quantitative estimate of drug-likeness (QED) is 0.113. The van der Waals surface area contributed by atoms with Crippen molar-refractivity contribution in [2.45, 2.75) is 10.8 Å². The SMILES string of the molecule is c1ccc(-c2nc(-c3ccccc3)nc(-c3ccc4c(c3)C(c3ccccc3)(c3c5ccccc5c(-c5cccc6ccccc56)c5ccccc35)c3ccccc3-4)n2)cc1.c1ccc(-c2nc(-c3ccccc3)nc(-c3ccc4c(c3)C(c3ccccc3)(c3c5ccccc5c(-c5ccccc5)c5ccccc35)c3ccccc3-4)n2)cc1. The number of fused-ring (bicyclic) bond motifs is 11. The van der Waals surface area contributed by atoms with Gasteiger partial charge in [0.15, 0.2) is 34.9 Å². The lowest BCUT2D eigenvalue weighted by Gasteiger charge is -2.36. The number of aromatic nitrogens is 6. The number of benzene rings is 19. The molecule has 550 valence electrons. The maximum absolute atomic E-state index is 5.21. The van der Waals surface area contributed by atoms with Crippen molar-refractivity contribution in [1.29, 1.82) is 0 Å². The van der Waals surface area contributed by atoms with Crippen LogP contribution >= 0.6 is 0 Å². The molecule has 0 amide bonds. The summed E-state index contributed by atoms with van der Waals surface area (Å²) in [5.74, 6) is 3.84. The fourth-order valence-corrected chi connectivity index (χ4v) is 19.3. The second-order valence-corrected chi connectivity index (χ2v) is 30.5. The van der Waals surface area contributed by atoms with Crippen LogP contribution in [0.3, 0.4) is 0 Å². The standard InChI is InChI=1S/C58H37N3.C54H35N3/c1-4-20-39(21-5-1)55-59-56(40-22-6-2-7-23-40)61-57(60-55)41-35-36-45-44-28-16-17-34-51(44)58(52(45)37-41,42-25-8-3-9-26-42)54-49-31-14-12-29-47(49)53(48-30-13-15-32-50(48)54)46-33-18-24-38-19-10-11-27-43(38)46;1-5-19-36(20-6-1)49-43-28-13-15-30-45(43)50(46-31-16-14-29-44(46)49)54(40-25-11-4-12-26-40)47-32-18-17-27-41(47)42-34-33-39(35-48(42)54)53-56-51(37-21-7-2-8-22-37)55-52(57-53)38-23-9-3-10-24-38/h1-37H;1-35H. The Morgan fingerprint density at radius 1 is 0.153 bits per heavy atom. The van der Waals surface area contributed by atoms with Gasteiger partial charge in [0, 0.05) is 33.4 Å². The van der Waals surface area contributed by atoms with Crippen molar-refractivity contribution in [1.82, 2.24) is 29.9 Å². The van der Waals surface area contributed by atoms with Crippen molar-refractivity contribution in [2.75, 3.05) is 0 Å². The minimum atomic E-state index is -0.711. The molecule has 0 fully saturated rings. The molecule has 2 heterocycles. The summed E-state index contributed by atoms with van der Waals surface area (Å²) in [4.78, 5) is 30.8. The summed E-state index contributed by atoms with van der Waals surface area (Å²) in [6.45, 7) is 0. The Labute approximate surface area is 684 Å². The molecule has 0 saturated heterocycles. The summed E-state index contributed by atoms with van der Waals surface area (Å²) in [6, 6.07) is 157. The van der Waals surface area contributed by atoms with Crippen LogP contribution in [0, 0.1) is 0 Å². The van der Waals surface area contributed by atoms with Gasteiger partial charge in [-0.1, -0.05) is 425 Å². The highest BCUT2D eigenvalue weighted by molar-refractivity contribution is 6.21. The Morgan fingerprint density at radius 3 is 0.771 bits per heavy atom. The predicted molar refractivity (Wildman–Crippen MR) is 485 cm³/mol. The largest absolute Gasteiger partial charge is 0.208 e. The molecule has 0 spiro atoms. The van der Waals surface area contributed by atoms with E-state index in [4.69, 9.17) is 29.9 Å². The van der Waals surface area contributed by atoms with Crippen LogP contribution in [0.5, 0.6) is 0 Å². The minimum absolute atomic E-state index is 0.634. The topological polar surface area (TPSA) is 77.3 Å². The molecule has 19 aromatic carbocycles. The van der Waals surface area contributed by atoms with E-state index in [1.165, 1.54) is 143 Å². The van der Waals surface area contributed by atoms with E-state index in [2.05, 4.69) is 364 Å². The fourth-order valence-electron chi connectivity index (χ4n) is 19.3. The molecular formula is C112H72N6. The lowest BCUT2D eigenvalue weighted by atomic mass is 9.64. The van der Waals surface area contributed by atoms with Gasteiger partial charge in [-0.3, -0.25) is 0 Å². The van der Waals surface area contributed by atoms with E-state index in [0.717, 1.165) is 33.4 Å². The highest BCUT2D eigenvalue weighted by atomic mass is 15.0. The lowest BCUT2D eigenvalue weighted by Crippen LogP contribution is -2.29. The van der Waals surface area contributed by atoms with Crippen molar-refractivity contribution >= 4 is 53.9 Å². The summed E-state index contributed by atoms with van der Waals surface area (Å²) in [5.41, 5.74) is 24.0. The molecule has 2 aliphatic rings. The highest BCUT2D eigenvalue weighted by Gasteiger charge is 2.50. The summed E-state index contributed by atoms with van der Waals surface area (Å²) in [5, 5.41) is 12.3. The molecule has 6 nitrogen and oxygen atoms in total. The molecule has 6 heteroatoms. The maximum Gasteiger partial charge on any atom is 0.164 e. The third-order valence-corrected chi connectivity index (χ3v) is 24.2. The molecule has 0 saturated carbocycles. The first-order chi connectivity index (χ1) is 58.6. The molecule has 21 aromatic rings. The first-order valence-corrected chi connectivity index (χ1v) is 40.3. The average molecular weight is 1500 g/mol. The molecule has 0 bridgehead atoms. The van der Waals surface area contributed by atoms with Crippen LogP contribution in [0.15, 0.2) is 437 Å². The molecule has 2 unspecified atom stereocenters. The molecule has 0 N–H and O–H groups in total. The number of nitrogens with zero attached hydrogens (tertiary/aromatic N) is 6. The van der Waals surface area contributed by atoms with Crippen molar-refractivity contribution in [2.24, 2.45) is 0 Å². The molecule has 0 radical (unpaired) electrons. The predicted octanol–water partition coefficient (Wildman–Crippen LogP) is 27.6. The van der Waals surface area contributed by atoms with Gasteiger partial charge in [-0.25, -0.2) is 29.9 Å². The smallest absolute Gasteiger partial charge is 0.164 e. The van der Waals surface area contributed by atoms with Crippen LogP contribution in [-0.2, 0) is 10.8 Å². The molecule has 2 aliphatic carbocycles. The van der Waals surface area contributed by atoms with E-state index >= 15 is 0 Å². The number of hydrogen-bond donors (Lipinski definition) is 0. The Kier molecular flexibility index (Phi) is 16.9. The Balaban J connectivity index is 0.000000143. The van der Waals surface area contributed by atoms with Gasteiger partial charge in [0.25, 0.3) is 0 Å². The van der Waals surface area contributed by atoms with Gasteiger partial charge in [-0.15, -0.1) is 0 Å². The molecular weight excluding hydrogens is 1430 g/mol. The molecule has 118 heavy (non-hydrogen) atoms. The second kappa shape index (κ2) is 28.9. The van der Waals surface area contributed by atoms with Gasteiger partial charge in [0.2, 0.25) is 0 Å². The Hall–Kier alpha value is -15.5. The Morgan fingerprint density at radius 2 is 0.407 bits per heavy atom.